The Balaban J connectivity index is 3.03. The molecule has 1 aromatic carbocycles. The largest absolute Gasteiger partial charge is 0.377 e. The van der Waals surface area contributed by atoms with Crippen molar-refractivity contribution in [3.8, 4) is 0 Å². The molecule has 0 heterocycles. The maximum atomic E-state index is 13.5. The summed E-state index contributed by atoms with van der Waals surface area (Å²) in [6.07, 6.45) is -0.415. The second-order valence-electron chi connectivity index (χ2n) is 3.44. The molecule has 0 bridgehead atoms. The maximum absolute atomic E-state index is 13.5. The number of hydrogen-bond acceptors (Lipinski definition) is 3. The standard InChI is InChI=1S/C11H16F2N2O/c1-3-16-7(2)11(15-14)10-8(12)5-4-6-9(10)13/h4-7,11,15H,3,14H2,1-2H3. The van der Waals surface area contributed by atoms with Gasteiger partial charge in [-0.15, -0.1) is 0 Å². The van der Waals surface area contributed by atoms with Crippen LogP contribution in [-0.2, 0) is 4.74 Å². The van der Waals surface area contributed by atoms with Gasteiger partial charge in [0.15, 0.2) is 0 Å². The molecule has 0 saturated carbocycles. The Morgan fingerprint density at radius 3 is 2.38 bits per heavy atom. The number of nitrogens with two attached hydrogens (primary N) is 1. The summed E-state index contributed by atoms with van der Waals surface area (Å²) in [7, 11) is 0. The third-order valence-electron chi connectivity index (χ3n) is 2.39. The molecule has 1 rings (SSSR count). The van der Waals surface area contributed by atoms with Crippen LogP contribution >= 0.6 is 0 Å². The van der Waals surface area contributed by atoms with Crippen molar-refractivity contribution in [3.63, 3.8) is 0 Å². The molecule has 16 heavy (non-hydrogen) atoms. The summed E-state index contributed by atoms with van der Waals surface area (Å²) in [5.41, 5.74) is 2.29. The number of hydrogen-bond donors (Lipinski definition) is 2. The highest BCUT2D eigenvalue weighted by Gasteiger charge is 2.24. The monoisotopic (exact) mass is 230 g/mol. The van der Waals surface area contributed by atoms with Crippen molar-refractivity contribution in [1.82, 2.24) is 5.43 Å². The number of rotatable bonds is 5. The zero-order chi connectivity index (χ0) is 12.1. The lowest BCUT2D eigenvalue weighted by molar-refractivity contribution is 0.0452. The Kier molecular flexibility index (Phi) is 4.79. The van der Waals surface area contributed by atoms with Crippen molar-refractivity contribution in [3.05, 3.63) is 35.4 Å². The van der Waals surface area contributed by atoms with Gasteiger partial charge in [0, 0.05) is 12.2 Å². The van der Waals surface area contributed by atoms with Crippen LogP contribution in [0.1, 0.15) is 25.5 Å². The van der Waals surface area contributed by atoms with Crippen molar-refractivity contribution in [1.29, 1.82) is 0 Å². The fourth-order valence-corrected chi connectivity index (χ4v) is 1.62. The van der Waals surface area contributed by atoms with E-state index in [4.69, 9.17) is 10.6 Å². The molecule has 0 fully saturated rings. The van der Waals surface area contributed by atoms with E-state index in [1.54, 1.807) is 6.92 Å². The Labute approximate surface area is 93.6 Å². The van der Waals surface area contributed by atoms with Crippen molar-refractivity contribution < 1.29 is 13.5 Å². The lowest BCUT2D eigenvalue weighted by atomic mass is 10.0. The zero-order valence-electron chi connectivity index (χ0n) is 9.34. The summed E-state index contributed by atoms with van der Waals surface area (Å²) in [6.45, 7) is 3.97. The van der Waals surface area contributed by atoms with E-state index in [1.165, 1.54) is 18.2 Å². The highest BCUT2D eigenvalue weighted by molar-refractivity contribution is 5.24. The molecule has 0 aliphatic heterocycles. The van der Waals surface area contributed by atoms with Gasteiger partial charge in [-0.1, -0.05) is 6.07 Å². The van der Waals surface area contributed by atoms with Gasteiger partial charge >= 0.3 is 0 Å². The Hall–Kier alpha value is -1.04. The van der Waals surface area contributed by atoms with Gasteiger partial charge in [0.1, 0.15) is 11.6 Å². The van der Waals surface area contributed by atoms with Crippen LogP contribution < -0.4 is 11.3 Å². The molecular formula is C11H16F2N2O. The van der Waals surface area contributed by atoms with E-state index in [1.807, 2.05) is 6.92 Å². The number of benzene rings is 1. The van der Waals surface area contributed by atoms with Gasteiger partial charge in [0.25, 0.3) is 0 Å². The number of nitrogens with one attached hydrogen (secondary N) is 1. The van der Waals surface area contributed by atoms with Crippen LogP contribution in [-0.4, -0.2) is 12.7 Å². The third kappa shape index (κ3) is 2.75. The fraction of sp³-hybridized carbons (Fsp3) is 0.455. The van der Waals surface area contributed by atoms with E-state index in [0.717, 1.165) is 0 Å². The molecular weight excluding hydrogens is 214 g/mol. The summed E-state index contributed by atoms with van der Waals surface area (Å²) < 4.78 is 32.3. The first kappa shape index (κ1) is 13.0. The summed E-state index contributed by atoms with van der Waals surface area (Å²) in [4.78, 5) is 0. The molecule has 0 radical (unpaired) electrons. The molecule has 2 atom stereocenters. The van der Waals surface area contributed by atoms with E-state index in [9.17, 15) is 8.78 Å². The first-order valence-electron chi connectivity index (χ1n) is 5.13. The van der Waals surface area contributed by atoms with Crippen LogP contribution in [0.25, 0.3) is 0 Å². The van der Waals surface area contributed by atoms with Gasteiger partial charge in [-0.25, -0.2) is 8.78 Å². The van der Waals surface area contributed by atoms with E-state index in [-0.39, 0.29) is 5.56 Å². The van der Waals surface area contributed by atoms with Crippen molar-refractivity contribution in [2.45, 2.75) is 26.0 Å². The van der Waals surface area contributed by atoms with Crippen molar-refractivity contribution in [2.75, 3.05) is 6.61 Å². The molecule has 0 aliphatic carbocycles. The molecule has 5 heteroatoms. The fourth-order valence-electron chi connectivity index (χ4n) is 1.62. The second-order valence-corrected chi connectivity index (χ2v) is 3.44. The van der Waals surface area contributed by atoms with Gasteiger partial charge in [-0.2, -0.15) is 0 Å². The Morgan fingerprint density at radius 1 is 1.38 bits per heavy atom. The molecule has 3 nitrogen and oxygen atoms in total. The lowest BCUT2D eigenvalue weighted by Crippen LogP contribution is -2.37. The van der Waals surface area contributed by atoms with Crippen molar-refractivity contribution in [2.24, 2.45) is 5.84 Å². The van der Waals surface area contributed by atoms with Gasteiger partial charge in [-0.3, -0.25) is 11.3 Å². The Morgan fingerprint density at radius 2 is 1.94 bits per heavy atom. The molecule has 0 saturated heterocycles. The van der Waals surface area contributed by atoms with Gasteiger partial charge in [0.2, 0.25) is 0 Å². The minimum atomic E-state index is -0.707. The average Bonchev–Trinajstić information content (AvgIpc) is 2.24. The van der Waals surface area contributed by atoms with Crippen LogP contribution in [0.5, 0.6) is 0 Å². The van der Waals surface area contributed by atoms with Crippen LogP contribution in [0.3, 0.4) is 0 Å². The highest BCUT2D eigenvalue weighted by atomic mass is 19.1. The quantitative estimate of drug-likeness (QED) is 0.600. The predicted octanol–water partition coefficient (Wildman–Crippen LogP) is 1.89. The number of hydrazine groups is 1. The molecule has 0 aromatic heterocycles. The SMILES string of the molecule is CCOC(C)C(NN)c1c(F)cccc1F. The topological polar surface area (TPSA) is 47.3 Å². The normalized spacial score (nSPS) is 14.8. The van der Waals surface area contributed by atoms with Gasteiger partial charge in [-0.05, 0) is 26.0 Å². The van der Waals surface area contributed by atoms with Crippen LogP contribution in [0.2, 0.25) is 0 Å². The van der Waals surface area contributed by atoms with E-state index in [2.05, 4.69) is 5.43 Å². The molecule has 0 aliphatic rings. The summed E-state index contributed by atoms with van der Waals surface area (Å²) in [5.74, 6) is 4.05. The maximum Gasteiger partial charge on any atom is 0.131 e. The molecule has 3 N–H and O–H groups in total. The molecule has 90 valence electrons. The number of ether oxygens (including phenoxy) is 1. The number of halogens is 2. The summed E-state index contributed by atoms with van der Waals surface area (Å²) in [5, 5.41) is 0. The van der Waals surface area contributed by atoms with E-state index >= 15 is 0 Å². The first-order valence-corrected chi connectivity index (χ1v) is 5.13. The molecule has 0 spiro atoms. The van der Waals surface area contributed by atoms with E-state index in [0.29, 0.717) is 6.61 Å². The van der Waals surface area contributed by atoms with Crippen LogP contribution in [0.15, 0.2) is 18.2 Å². The highest BCUT2D eigenvalue weighted by Crippen LogP contribution is 2.24. The van der Waals surface area contributed by atoms with Crippen LogP contribution in [0.4, 0.5) is 8.78 Å². The predicted molar refractivity (Wildman–Crippen MR) is 57.5 cm³/mol. The molecule has 0 amide bonds. The van der Waals surface area contributed by atoms with Gasteiger partial charge in [0.05, 0.1) is 12.1 Å². The minimum Gasteiger partial charge on any atom is -0.377 e. The lowest BCUT2D eigenvalue weighted by Gasteiger charge is -2.24. The Bertz CT molecular complexity index is 327. The smallest absolute Gasteiger partial charge is 0.131 e. The summed E-state index contributed by atoms with van der Waals surface area (Å²) >= 11 is 0. The molecule has 1 aromatic rings. The van der Waals surface area contributed by atoms with Gasteiger partial charge < -0.3 is 4.74 Å². The molecule has 2 unspecified atom stereocenters. The first-order chi connectivity index (χ1) is 7.61. The second kappa shape index (κ2) is 5.89. The average molecular weight is 230 g/mol. The minimum absolute atomic E-state index is 0.0917. The van der Waals surface area contributed by atoms with E-state index < -0.39 is 23.8 Å². The summed E-state index contributed by atoms with van der Waals surface area (Å²) in [6, 6.07) is 3.00. The zero-order valence-corrected chi connectivity index (χ0v) is 9.34. The van der Waals surface area contributed by atoms with Crippen molar-refractivity contribution >= 4 is 0 Å². The third-order valence-corrected chi connectivity index (χ3v) is 2.39. The van der Waals surface area contributed by atoms with Crippen LogP contribution in [0, 0.1) is 11.6 Å².